The maximum absolute atomic E-state index is 11.4. The molecule has 3 heteroatoms. The summed E-state index contributed by atoms with van der Waals surface area (Å²) >= 11 is 0. The van der Waals surface area contributed by atoms with E-state index in [1.165, 1.54) is 109 Å². The summed E-state index contributed by atoms with van der Waals surface area (Å²) in [6.07, 6.45) is 29.5. The second kappa shape index (κ2) is 22.8. The number of aliphatic hydroxyl groups excluding tert-OH is 1. The smallest absolute Gasteiger partial charge is 0.220 e. The van der Waals surface area contributed by atoms with Gasteiger partial charge in [0.15, 0.2) is 0 Å². The first-order valence-electron chi connectivity index (χ1n) is 13.2. The standard InChI is InChI=1S/C27H53NO2/c1-3-4-5-6-7-8-9-10-11-12-13-14-15-16-17-18-19-20-21-22-23-26(27(28)30)25(2)24-29/h10-11,25-26,29H,3-9,12-24H2,1-2H3,(H2,28,30)/b11-10-. The summed E-state index contributed by atoms with van der Waals surface area (Å²) < 4.78 is 0. The molecule has 1 amide bonds. The largest absolute Gasteiger partial charge is 0.396 e. The van der Waals surface area contributed by atoms with Crippen LogP contribution in [0.15, 0.2) is 12.2 Å². The first kappa shape index (κ1) is 29.2. The van der Waals surface area contributed by atoms with Gasteiger partial charge in [-0.25, -0.2) is 0 Å². The topological polar surface area (TPSA) is 63.3 Å². The molecule has 0 bridgehead atoms. The Balaban J connectivity index is 3.29. The average Bonchev–Trinajstić information content (AvgIpc) is 2.74. The molecule has 0 heterocycles. The number of carbonyl (C=O) groups is 1. The van der Waals surface area contributed by atoms with Gasteiger partial charge in [-0.1, -0.05) is 116 Å². The molecule has 0 aromatic carbocycles. The first-order valence-corrected chi connectivity index (χ1v) is 13.2. The molecule has 0 saturated heterocycles. The summed E-state index contributed by atoms with van der Waals surface area (Å²) in [4.78, 5) is 11.4. The Morgan fingerprint density at radius 3 is 1.53 bits per heavy atom. The number of allylic oxidation sites excluding steroid dienone is 2. The third-order valence-electron chi connectivity index (χ3n) is 6.37. The van der Waals surface area contributed by atoms with E-state index in [1.54, 1.807) is 0 Å². The highest BCUT2D eigenvalue weighted by Crippen LogP contribution is 2.19. The van der Waals surface area contributed by atoms with E-state index in [1.807, 2.05) is 6.92 Å². The van der Waals surface area contributed by atoms with Gasteiger partial charge in [-0.15, -0.1) is 0 Å². The molecule has 0 rings (SSSR count). The number of hydrogen-bond acceptors (Lipinski definition) is 2. The van der Waals surface area contributed by atoms with Gasteiger partial charge in [0.2, 0.25) is 5.91 Å². The zero-order valence-electron chi connectivity index (χ0n) is 20.4. The van der Waals surface area contributed by atoms with Crippen molar-refractivity contribution in [3.05, 3.63) is 12.2 Å². The van der Waals surface area contributed by atoms with Crippen molar-refractivity contribution in [2.45, 2.75) is 136 Å². The van der Waals surface area contributed by atoms with Gasteiger partial charge >= 0.3 is 0 Å². The zero-order valence-corrected chi connectivity index (χ0v) is 20.4. The number of nitrogens with two attached hydrogens (primary N) is 1. The van der Waals surface area contributed by atoms with Crippen molar-refractivity contribution in [2.75, 3.05) is 6.61 Å². The molecule has 0 spiro atoms. The normalized spacial score (nSPS) is 13.7. The molecule has 0 fully saturated rings. The predicted octanol–water partition coefficient (Wildman–Crippen LogP) is 7.70. The maximum Gasteiger partial charge on any atom is 0.220 e. The highest BCUT2D eigenvalue weighted by atomic mass is 16.3. The van der Waals surface area contributed by atoms with E-state index in [4.69, 9.17) is 5.73 Å². The Bertz CT molecular complexity index is 394. The van der Waals surface area contributed by atoms with E-state index >= 15 is 0 Å². The molecule has 2 atom stereocenters. The summed E-state index contributed by atoms with van der Waals surface area (Å²) in [5.74, 6) is -0.441. The molecule has 0 aliphatic heterocycles. The van der Waals surface area contributed by atoms with Crippen LogP contribution < -0.4 is 5.73 Å². The number of carbonyl (C=O) groups excluding carboxylic acids is 1. The first-order chi connectivity index (χ1) is 14.6. The summed E-state index contributed by atoms with van der Waals surface area (Å²) in [6.45, 7) is 4.23. The van der Waals surface area contributed by atoms with Crippen molar-refractivity contribution in [2.24, 2.45) is 17.6 Å². The summed E-state index contributed by atoms with van der Waals surface area (Å²) in [5.41, 5.74) is 5.44. The van der Waals surface area contributed by atoms with E-state index in [-0.39, 0.29) is 24.3 Å². The second-order valence-electron chi connectivity index (χ2n) is 9.31. The third kappa shape index (κ3) is 19.2. The van der Waals surface area contributed by atoms with Crippen LogP contribution in [-0.4, -0.2) is 17.6 Å². The van der Waals surface area contributed by atoms with Gasteiger partial charge in [-0.2, -0.15) is 0 Å². The van der Waals surface area contributed by atoms with Crippen molar-refractivity contribution < 1.29 is 9.90 Å². The molecule has 178 valence electrons. The van der Waals surface area contributed by atoms with Crippen LogP contribution >= 0.6 is 0 Å². The molecule has 0 saturated carbocycles. The second-order valence-corrected chi connectivity index (χ2v) is 9.31. The minimum atomic E-state index is -0.259. The number of aliphatic hydroxyl groups is 1. The van der Waals surface area contributed by atoms with E-state index in [0.29, 0.717) is 0 Å². The fourth-order valence-electron chi connectivity index (χ4n) is 4.15. The highest BCUT2D eigenvalue weighted by molar-refractivity contribution is 5.76. The van der Waals surface area contributed by atoms with Crippen LogP contribution in [0.25, 0.3) is 0 Å². The Morgan fingerprint density at radius 2 is 1.13 bits per heavy atom. The lowest BCUT2D eigenvalue weighted by atomic mass is 9.88. The van der Waals surface area contributed by atoms with Gasteiger partial charge in [0, 0.05) is 12.5 Å². The van der Waals surface area contributed by atoms with Crippen LogP contribution in [0.1, 0.15) is 136 Å². The van der Waals surface area contributed by atoms with Crippen LogP contribution in [0.4, 0.5) is 0 Å². The fourth-order valence-corrected chi connectivity index (χ4v) is 4.15. The van der Waals surface area contributed by atoms with Gasteiger partial charge in [0.1, 0.15) is 0 Å². The van der Waals surface area contributed by atoms with Gasteiger partial charge in [0.05, 0.1) is 0 Å². The summed E-state index contributed by atoms with van der Waals surface area (Å²) in [5, 5.41) is 9.21. The SMILES string of the molecule is CCCCCCCC/C=C\CCCCCCCCCCCCC(C(N)=O)C(C)CO. The Morgan fingerprint density at radius 1 is 0.733 bits per heavy atom. The maximum atomic E-state index is 11.4. The van der Waals surface area contributed by atoms with Gasteiger partial charge in [0.25, 0.3) is 0 Å². The van der Waals surface area contributed by atoms with E-state index in [2.05, 4.69) is 19.1 Å². The van der Waals surface area contributed by atoms with Crippen molar-refractivity contribution in [3.63, 3.8) is 0 Å². The lowest BCUT2D eigenvalue weighted by Crippen LogP contribution is -2.30. The lowest BCUT2D eigenvalue weighted by molar-refractivity contribution is -0.124. The quantitative estimate of drug-likeness (QED) is 0.131. The van der Waals surface area contributed by atoms with Crippen LogP contribution in [0.5, 0.6) is 0 Å². The molecule has 2 unspecified atom stereocenters. The van der Waals surface area contributed by atoms with E-state index in [9.17, 15) is 9.90 Å². The fraction of sp³-hybridized carbons (Fsp3) is 0.889. The minimum Gasteiger partial charge on any atom is -0.396 e. The third-order valence-corrected chi connectivity index (χ3v) is 6.37. The highest BCUT2D eigenvalue weighted by Gasteiger charge is 2.21. The summed E-state index contributed by atoms with van der Waals surface area (Å²) in [6, 6.07) is 0. The van der Waals surface area contributed by atoms with E-state index < -0.39 is 0 Å². The number of rotatable bonds is 23. The molecule has 0 aromatic rings. The van der Waals surface area contributed by atoms with Crippen molar-refractivity contribution in [1.29, 1.82) is 0 Å². The Hall–Kier alpha value is -0.830. The monoisotopic (exact) mass is 423 g/mol. The molecule has 0 aliphatic rings. The molecular weight excluding hydrogens is 370 g/mol. The molecular formula is C27H53NO2. The molecule has 3 nitrogen and oxygen atoms in total. The van der Waals surface area contributed by atoms with E-state index in [0.717, 1.165) is 12.8 Å². The Kier molecular flexibility index (Phi) is 22.2. The summed E-state index contributed by atoms with van der Waals surface area (Å²) in [7, 11) is 0. The number of unbranched alkanes of at least 4 members (excludes halogenated alkanes) is 16. The van der Waals surface area contributed by atoms with Gasteiger partial charge in [-0.05, 0) is 38.0 Å². The van der Waals surface area contributed by atoms with Crippen LogP contribution in [0.2, 0.25) is 0 Å². The van der Waals surface area contributed by atoms with Crippen molar-refractivity contribution in [3.8, 4) is 0 Å². The predicted molar refractivity (Wildman–Crippen MR) is 131 cm³/mol. The Labute approximate surface area is 188 Å². The zero-order chi connectivity index (χ0) is 22.3. The number of primary amides is 1. The van der Waals surface area contributed by atoms with Crippen LogP contribution in [0, 0.1) is 11.8 Å². The lowest BCUT2D eigenvalue weighted by Gasteiger charge is -2.18. The number of hydrogen-bond donors (Lipinski definition) is 2. The van der Waals surface area contributed by atoms with Gasteiger partial charge < -0.3 is 10.8 Å². The van der Waals surface area contributed by atoms with Crippen molar-refractivity contribution >= 4 is 5.91 Å². The molecule has 3 N–H and O–H groups in total. The van der Waals surface area contributed by atoms with Gasteiger partial charge in [-0.3, -0.25) is 4.79 Å². The van der Waals surface area contributed by atoms with Crippen LogP contribution in [-0.2, 0) is 4.79 Å². The van der Waals surface area contributed by atoms with Crippen LogP contribution in [0.3, 0.4) is 0 Å². The van der Waals surface area contributed by atoms with Crippen molar-refractivity contribution in [1.82, 2.24) is 0 Å². The minimum absolute atomic E-state index is 0.0155. The molecule has 0 aliphatic carbocycles. The molecule has 0 aromatic heterocycles. The molecule has 30 heavy (non-hydrogen) atoms. The number of amides is 1. The average molecular weight is 424 g/mol. The molecule has 0 radical (unpaired) electrons.